The lowest BCUT2D eigenvalue weighted by Gasteiger charge is -2.09. The van der Waals surface area contributed by atoms with Crippen molar-refractivity contribution in [3.05, 3.63) is 6.20 Å². The van der Waals surface area contributed by atoms with E-state index in [1.54, 1.807) is 13.8 Å². The SMILES string of the molecule is CCOC(=O)CNNc1nc(N)nc2c1cnn2CC(=O)OCC. The number of hydrogen-bond acceptors (Lipinski definition) is 10. The van der Waals surface area contributed by atoms with Gasteiger partial charge in [0.05, 0.1) is 24.8 Å². The number of ether oxygens (including phenoxy) is 2. The molecule has 0 saturated carbocycles. The molecule has 0 aliphatic carbocycles. The molecule has 0 bridgehead atoms. The highest BCUT2D eigenvalue weighted by molar-refractivity contribution is 5.88. The minimum atomic E-state index is -0.436. The lowest BCUT2D eigenvalue weighted by Crippen LogP contribution is -2.30. The van der Waals surface area contributed by atoms with Crippen LogP contribution in [0.2, 0.25) is 0 Å². The third-order valence-electron chi connectivity index (χ3n) is 2.84. The molecule has 11 heteroatoms. The number of nitrogens with zero attached hydrogens (tertiary/aromatic N) is 4. The van der Waals surface area contributed by atoms with E-state index in [-0.39, 0.29) is 25.6 Å². The summed E-state index contributed by atoms with van der Waals surface area (Å²) in [5.74, 6) is -0.527. The second kappa shape index (κ2) is 8.06. The van der Waals surface area contributed by atoms with Crippen molar-refractivity contribution in [2.75, 3.05) is 30.9 Å². The Morgan fingerprint density at radius 3 is 2.62 bits per heavy atom. The van der Waals surface area contributed by atoms with Gasteiger partial charge in [-0.3, -0.25) is 9.59 Å². The zero-order valence-corrected chi connectivity index (χ0v) is 13.4. The first-order valence-corrected chi connectivity index (χ1v) is 7.34. The number of aromatic nitrogens is 4. The first-order valence-electron chi connectivity index (χ1n) is 7.34. The normalized spacial score (nSPS) is 10.6. The number of hydrazine groups is 1. The van der Waals surface area contributed by atoms with E-state index >= 15 is 0 Å². The summed E-state index contributed by atoms with van der Waals surface area (Å²) in [4.78, 5) is 31.0. The fraction of sp³-hybridized carbons (Fsp3) is 0.462. The number of anilines is 2. The third-order valence-corrected chi connectivity index (χ3v) is 2.84. The predicted molar refractivity (Wildman–Crippen MR) is 84.6 cm³/mol. The Morgan fingerprint density at radius 1 is 1.21 bits per heavy atom. The van der Waals surface area contributed by atoms with Gasteiger partial charge in [0.1, 0.15) is 13.1 Å². The lowest BCUT2D eigenvalue weighted by atomic mass is 10.4. The molecule has 11 nitrogen and oxygen atoms in total. The van der Waals surface area contributed by atoms with Gasteiger partial charge in [-0.05, 0) is 13.8 Å². The lowest BCUT2D eigenvalue weighted by molar-refractivity contribution is -0.144. The van der Waals surface area contributed by atoms with Crippen LogP contribution in [0.5, 0.6) is 0 Å². The monoisotopic (exact) mass is 337 g/mol. The van der Waals surface area contributed by atoms with Crippen LogP contribution in [-0.2, 0) is 25.6 Å². The van der Waals surface area contributed by atoms with Gasteiger partial charge in [0, 0.05) is 0 Å². The minimum absolute atomic E-state index is 0.00598. The van der Waals surface area contributed by atoms with Crippen molar-refractivity contribution in [2.24, 2.45) is 0 Å². The van der Waals surface area contributed by atoms with E-state index in [1.165, 1.54) is 10.9 Å². The molecule has 0 aromatic carbocycles. The first kappa shape index (κ1) is 17.4. The number of hydrogen-bond donors (Lipinski definition) is 3. The van der Waals surface area contributed by atoms with Gasteiger partial charge in [-0.1, -0.05) is 0 Å². The zero-order valence-electron chi connectivity index (χ0n) is 13.4. The van der Waals surface area contributed by atoms with E-state index in [4.69, 9.17) is 15.2 Å². The molecule has 0 atom stereocenters. The largest absolute Gasteiger partial charge is 0.465 e. The summed E-state index contributed by atoms with van der Waals surface area (Å²) < 4.78 is 11.0. The highest BCUT2D eigenvalue weighted by atomic mass is 16.5. The molecule has 0 spiro atoms. The van der Waals surface area contributed by atoms with Crippen molar-refractivity contribution in [2.45, 2.75) is 20.4 Å². The smallest absolute Gasteiger partial charge is 0.327 e. The third kappa shape index (κ3) is 4.29. The molecule has 0 saturated heterocycles. The number of nitrogen functional groups attached to an aromatic ring is 1. The number of carbonyl (C=O) groups excluding carboxylic acids is 2. The number of esters is 2. The Balaban J connectivity index is 2.15. The first-order chi connectivity index (χ1) is 11.5. The van der Waals surface area contributed by atoms with Crippen molar-refractivity contribution in [1.82, 2.24) is 25.2 Å². The quantitative estimate of drug-likeness (QED) is 0.423. The van der Waals surface area contributed by atoms with Gasteiger partial charge in [-0.2, -0.15) is 15.1 Å². The minimum Gasteiger partial charge on any atom is -0.465 e. The van der Waals surface area contributed by atoms with Crippen LogP contribution < -0.4 is 16.6 Å². The number of nitrogens with one attached hydrogen (secondary N) is 2. The molecular weight excluding hydrogens is 318 g/mol. The highest BCUT2D eigenvalue weighted by Gasteiger charge is 2.14. The Hall–Kier alpha value is -2.95. The van der Waals surface area contributed by atoms with Crippen LogP contribution in [0, 0.1) is 0 Å². The molecular formula is C13H19N7O4. The maximum Gasteiger partial charge on any atom is 0.327 e. The van der Waals surface area contributed by atoms with Gasteiger partial charge in [-0.15, -0.1) is 0 Å². The van der Waals surface area contributed by atoms with Gasteiger partial charge in [0.15, 0.2) is 11.5 Å². The van der Waals surface area contributed by atoms with Gasteiger partial charge in [-0.25, -0.2) is 10.1 Å². The summed E-state index contributed by atoms with van der Waals surface area (Å²) in [6, 6.07) is 0. The molecule has 0 amide bonds. The van der Waals surface area contributed by atoms with E-state index in [1.807, 2.05) is 0 Å². The Morgan fingerprint density at radius 2 is 1.92 bits per heavy atom. The Kier molecular flexibility index (Phi) is 5.84. The molecule has 2 aromatic heterocycles. The van der Waals surface area contributed by atoms with E-state index in [0.717, 1.165) is 0 Å². The van der Waals surface area contributed by atoms with E-state index < -0.39 is 11.9 Å². The van der Waals surface area contributed by atoms with Crippen LogP contribution in [0.3, 0.4) is 0 Å². The average molecular weight is 337 g/mol. The van der Waals surface area contributed by atoms with Gasteiger partial charge in [0.25, 0.3) is 0 Å². The van der Waals surface area contributed by atoms with E-state index in [9.17, 15) is 9.59 Å². The molecule has 0 fully saturated rings. The molecule has 130 valence electrons. The molecule has 0 aliphatic rings. The number of rotatable bonds is 8. The molecule has 0 unspecified atom stereocenters. The standard InChI is InChI=1S/C13H19N7O4/c1-3-23-9(21)6-15-19-11-8-5-16-20(7-10(22)24-4-2)12(8)18-13(14)17-11/h5,15H,3-4,6-7H2,1-2H3,(H3,14,17,18,19). The van der Waals surface area contributed by atoms with Crippen molar-refractivity contribution >= 4 is 34.7 Å². The predicted octanol–water partition coefficient (Wildman–Crippen LogP) is -0.549. The molecule has 2 rings (SSSR count). The second-order valence-electron chi connectivity index (χ2n) is 4.56. The van der Waals surface area contributed by atoms with Crippen LogP contribution >= 0.6 is 0 Å². The number of fused-ring (bicyclic) bond motifs is 1. The van der Waals surface area contributed by atoms with Crippen LogP contribution in [0.15, 0.2) is 6.20 Å². The Labute approximate surface area is 137 Å². The van der Waals surface area contributed by atoms with Crippen LogP contribution in [0.25, 0.3) is 11.0 Å². The summed E-state index contributed by atoms with van der Waals surface area (Å²) in [5.41, 5.74) is 11.5. The fourth-order valence-corrected chi connectivity index (χ4v) is 1.92. The summed E-state index contributed by atoms with van der Waals surface area (Å²) in [6.07, 6.45) is 1.49. The molecule has 0 radical (unpaired) electrons. The Bertz CT molecular complexity index is 730. The molecule has 2 heterocycles. The van der Waals surface area contributed by atoms with Crippen LogP contribution in [0.1, 0.15) is 13.8 Å². The van der Waals surface area contributed by atoms with Crippen molar-refractivity contribution in [3.8, 4) is 0 Å². The summed E-state index contributed by atoms with van der Waals surface area (Å²) in [7, 11) is 0. The summed E-state index contributed by atoms with van der Waals surface area (Å²) in [6.45, 7) is 3.86. The van der Waals surface area contributed by atoms with Crippen molar-refractivity contribution < 1.29 is 19.1 Å². The number of carbonyl (C=O) groups is 2. The zero-order chi connectivity index (χ0) is 17.5. The van der Waals surface area contributed by atoms with Crippen LogP contribution in [0.4, 0.5) is 11.8 Å². The topological polar surface area (TPSA) is 146 Å². The second-order valence-corrected chi connectivity index (χ2v) is 4.56. The summed E-state index contributed by atoms with van der Waals surface area (Å²) >= 11 is 0. The van der Waals surface area contributed by atoms with Gasteiger partial charge < -0.3 is 20.6 Å². The van der Waals surface area contributed by atoms with Gasteiger partial charge in [0.2, 0.25) is 5.95 Å². The summed E-state index contributed by atoms with van der Waals surface area (Å²) in [5, 5.41) is 4.62. The van der Waals surface area contributed by atoms with Crippen LogP contribution in [-0.4, -0.2) is 51.4 Å². The fourth-order valence-electron chi connectivity index (χ4n) is 1.92. The molecule has 2 aromatic rings. The average Bonchev–Trinajstić information content (AvgIpc) is 2.90. The maximum absolute atomic E-state index is 11.6. The molecule has 24 heavy (non-hydrogen) atoms. The highest BCUT2D eigenvalue weighted by Crippen LogP contribution is 2.20. The van der Waals surface area contributed by atoms with Crippen molar-refractivity contribution in [1.29, 1.82) is 0 Å². The van der Waals surface area contributed by atoms with Gasteiger partial charge >= 0.3 is 11.9 Å². The molecule has 0 aliphatic heterocycles. The van der Waals surface area contributed by atoms with E-state index in [2.05, 4.69) is 25.9 Å². The number of nitrogens with two attached hydrogens (primary N) is 1. The van der Waals surface area contributed by atoms with Crippen molar-refractivity contribution in [3.63, 3.8) is 0 Å². The van der Waals surface area contributed by atoms with E-state index in [0.29, 0.717) is 23.5 Å². The maximum atomic E-state index is 11.6. The molecule has 4 N–H and O–H groups in total.